The molecule has 0 saturated carbocycles. The molecule has 0 aliphatic rings. The van der Waals surface area contributed by atoms with Crippen LogP contribution in [0.1, 0.15) is 15.9 Å². The van der Waals surface area contributed by atoms with Gasteiger partial charge < -0.3 is 9.73 Å². The minimum absolute atomic E-state index is 0.0374. The Morgan fingerprint density at radius 3 is 2.42 bits per heavy atom. The third-order valence-electron chi connectivity index (χ3n) is 4.45. The van der Waals surface area contributed by atoms with Crippen LogP contribution in [-0.4, -0.2) is 29.5 Å². The van der Waals surface area contributed by atoms with Crippen LogP contribution < -0.4 is 10.0 Å². The number of sulfonamides is 1. The molecule has 2 N–H and O–H groups in total. The number of nitrogens with zero attached hydrogens (tertiary/aromatic N) is 3. The van der Waals surface area contributed by atoms with Gasteiger partial charge in [-0.05, 0) is 61.0 Å². The number of hydrogen-bond donors (Lipinski definition) is 2. The summed E-state index contributed by atoms with van der Waals surface area (Å²) < 4.78 is 32.7. The minimum Gasteiger partial charge on any atom is -0.423 e. The molecule has 0 atom stereocenters. The SMILES string of the molecule is Cc1ccc(-c2nnco2)cc1NC(=O)c1ccc(S(=O)(=O)Nc2ccncc2)cc1. The summed E-state index contributed by atoms with van der Waals surface area (Å²) >= 11 is 0. The topological polar surface area (TPSA) is 127 Å². The van der Waals surface area contributed by atoms with Crippen molar-refractivity contribution < 1.29 is 17.6 Å². The molecule has 0 spiro atoms. The van der Waals surface area contributed by atoms with Crippen LogP contribution in [0.3, 0.4) is 0 Å². The Balaban J connectivity index is 1.51. The fourth-order valence-corrected chi connectivity index (χ4v) is 3.86. The van der Waals surface area contributed by atoms with Crippen LogP contribution >= 0.6 is 0 Å². The molecule has 2 aromatic carbocycles. The van der Waals surface area contributed by atoms with Crippen molar-refractivity contribution >= 4 is 27.3 Å². The number of carbonyl (C=O) groups excluding carboxylic acids is 1. The summed E-state index contributed by atoms with van der Waals surface area (Å²) in [6.45, 7) is 1.85. The lowest BCUT2D eigenvalue weighted by atomic mass is 10.1. The smallest absolute Gasteiger partial charge is 0.261 e. The van der Waals surface area contributed by atoms with Gasteiger partial charge in [0, 0.05) is 29.2 Å². The Hall–Kier alpha value is -4.05. The monoisotopic (exact) mass is 435 g/mol. The lowest BCUT2D eigenvalue weighted by Crippen LogP contribution is -2.15. The highest BCUT2D eigenvalue weighted by Gasteiger charge is 2.16. The number of anilines is 2. The van der Waals surface area contributed by atoms with Gasteiger partial charge in [0.05, 0.1) is 10.6 Å². The second kappa shape index (κ2) is 8.36. The van der Waals surface area contributed by atoms with Crippen LogP contribution in [0.2, 0.25) is 0 Å². The van der Waals surface area contributed by atoms with Crippen LogP contribution in [0.15, 0.2) is 82.7 Å². The van der Waals surface area contributed by atoms with E-state index in [1.165, 1.54) is 43.1 Å². The highest BCUT2D eigenvalue weighted by atomic mass is 32.2. The van der Waals surface area contributed by atoms with E-state index in [2.05, 4.69) is 25.2 Å². The number of benzene rings is 2. The molecular formula is C21H17N5O4S. The Kier molecular flexibility index (Phi) is 5.46. The molecule has 0 bridgehead atoms. The van der Waals surface area contributed by atoms with Gasteiger partial charge in [0.25, 0.3) is 15.9 Å². The first-order valence-corrected chi connectivity index (χ1v) is 10.6. The molecule has 31 heavy (non-hydrogen) atoms. The van der Waals surface area contributed by atoms with Crippen LogP contribution in [0, 0.1) is 6.92 Å². The number of carbonyl (C=O) groups is 1. The van der Waals surface area contributed by atoms with Crippen molar-refractivity contribution in [3.8, 4) is 11.5 Å². The van der Waals surface area contributed by atoms with Crippen LogP contribution in [0.5, 0.6) is 0 Å². The maximum Gasteiger partial charge on any atom is 0.261 e. The van der Waals surface area contributed by atoms with Gasteiger partial charge in [0.15, 0.2) is 0 Å². The largest absolute Gasteiger partial charge is 0.423 e. The molecule has 0 fully saturated rings. The molecule has 0 aliphatic carbocycles. The predicted molar refractivity (Wildman–Crippen MR) is 114 cm³/mol. The summed E-state index contributed by atoms with van der Waals surface area (Å²) in [6.07, 6.45) is 4.20. The van der Waals surface area contributed by atoms with Crippen molar-refractivity contribution in [2.24, 2.45) is 0 Å². The predicted octanol–water partition coefficient (Wildman–Crippen LogP) is 3.49. The van der Waals surface area contributed by atoms with Gasteiger partial charge >= 0.3 is 0 Å². The van der Waals surface area contributed by atoms with E-state index in [0.717, 1.165) is 5.56 Å². The quantitative estimate of drug-likeness (QED) is 0.474. The van der Waals surface area contributed by atoms with Gasteiger partial charge in [-0.25, -0.2) is 8.42 Å². The third kappa shape index (κ3) is 4.59. The molecule has 0 radical (unpaired) electrons. The lowest BCUT2D eigenvalue weighted by Gasteiger charge is -2.11. The average Bonchev–Trinajstić information content (AvgIpc) is 3.31. The van der Waals surface area contributed by atoms with E-state index in [4.69, 9.17) is 4.42 Å². The van der Waals surface area contributed by atoms with E-state index in [1.54, 1.807) is 18.2 Å². The Labute approximate surface area is 178 Å². The zero-order valence-corrected chi connectivity index (χ0v) is 17.1. The van der Waals surface area contributed by atoms with Crippen molar-refractivity contribution in [2.75, 3.05) is 10.0 Å². The van der Waals surface area contributed by atoms with Crippen LogP contribution in [-0.2, 0) is 10.0 Å². The molecule has 2 heterocycles. The van der Waals surface area contributed by atoms with Crippen LogP contribution in [0.25, 0.3) is 11.5 Å². The van der Waals surface area contributed by atoms with Gasteiger partial charge in [0.1, 0.15) is 0 Å². The summed E-state index contributed by atoms with van der Waals surface area (Å²) in [5.74, 6) is -0.0384. The summed E-state index contributed by atoms with van der Waals surface area (Å²) in [5, 5.41) is 10.3. The Bertz CT molecular complexity index is 1310. The van der Waals surface area contributed by atoms with E-state index in [9.17, 15) is 13.2 Å². The van der Waals surface area contributed by atoms with E-state index >= 15 is 0 Å². The fraction of sp³-hybridized carbons (Fsp3) is 0.0476. The maximum absolute atomic E-state index is 12.7. The fourth-order valence-electron chi connectivity index (χ4n) is 2.80. The van der Waals surface area contributed by atoms with Crippen molar-refractivity contribution in [1.82, 2.24) is 15.2 Å². The zero-order chi connectivity index (χ0) is 21.8. The van der Waals surface area contributed by atoms with E-state index in [0.29, 0.717) is 28.4 Å². The van der Waals surface area contributed by atoms with E-state index < -0.39 is 10.0 Å². The normalized spacial score (nSPS) is 11.1. The van der Waals surface area contributed by atoms with Crippen molar-refractivity contribution in [2.45, 2.75) is 11.8 Å². The molecule has 10 heteroatoms. The number of aryl methyl sites for hydroxylation is 1. The summed E-state index contributed by atoms with van der Waals surface area (Å²) in [6, 6.07) is 14.1. The maximum atomic E-state index is 12.7. The van der Waals surface area contributed by atoms with Crippen molar-refractivity contribution in [3.05, 3.63) is 84.5 Å². The molecular weight excluding hydrogens is 418 g/mol. The molecule has 2 aromatic heterocycles. The highest BCUT2D eigenvalue weighted by molar-refractivity contribution is 7.92. The zero-order valence-electron chi connectivity index (χ0n) is 16.3. The molecule has 156 valence electrons. The first-order chi connectivity index (χ1) is 14.9. The number of aromatic nitrogens is 3. The summed E-state index contributed by atoms with van der Waals surface area (Å²) in [7, 11) is -3.78. The van der Waals surface area contributed by atoms with Crippen LogP contribution in [0.4, 0.5) is 11.4 Å². The first kappa shape index (κ1) is 20.2. The molecule has 0 unspecified atom stereocenters. The number of amides is 1. The molecule has 1 amide bonds. The van der Waals surface area contributed by atoms with Gasteiger partial charge in [-0.1, -0.05) is 6.07 Å². The molecule has 4 rings (SSSR count). The van der Waals surface area contributed by atoms with Crippen molar-refractivity contribution in [1.29, 1.82) is 0 Å². The first-order valence-electron chi connectivity index (χ1n) is 9.14. The summed E-state index contributed by atoms with van der Waals surface area (Å²) in [5.41, 5.74) is 2.80. The molecule has 4 aromatic rings. The summed E-state index contributed by atoms with van der Waals surface area (Å²) in [4.78, 5) is 16.6. The number of hydrogen-bond acceptors (Lipinski definition) is 7. The number of nitrogens with one attached hydrogen (secondary N) is 2. The Morgan fingerprint density at radius 1 is 1.00 bits per heavy atom. The average molecular weight is 435 g/mol. The minimum atomic E-state index is -3.78. The van der Waals surface area contributed by atoms with E-state index in [1.807, 2.05) is 19.1 Å². The number of rotatable bonds is 6. The second-order valence-corrected chi connectivity index (χ2v) is 8.28. The lowest BCUT2D eigenvalue weighted by molar-refractivity contribution is 0.102. The third-order valence-corrected chi connectivity index (χ3v) is 5.85. The Morgan fingerprint density at radius 2 is 1.74 bits per heavy atom. The van der Waals surface area contributed by atoms with Gasteiger partial charge in [-0.2, -0.15) is 0 Å². The van der Waals surface area contributed by atoms with Gasteiger partial charge in [0.2, 0.25) is 12.3 Å². The van der Waals surface area contributed by atoms with Crippen molar-refractivity contribution in [3.63, 3.8) is 0 Å². The van der Waals surface area contributed by atoms with Gasteiger partial charge in [-0.15, -0.1) is 10.2 Å². The van der Waals surface area contributed by atoms with Gasteiger partial charge in [-0.3, -0.25) is 14.5 Å². The molecule has 0 aliphatic heterocycles. The molecule has 0 saturated heterocycles. The second-order valence-electron chi connectivity index (χ2n) is 6.59. The van der Waals surface area contributed by atoms with E-state index in [-0.39, 0.29) is 10.8 Å². The standard InChI is InChI=1S/C21H17N5O4S/c1-14-2-3-16(21-25-23-13-30-21)12-19(14)24-20(27)15-4-6-18(7-5-15)31(28,29)26-17-8-10-22-11-9-17/h2-13H,1H3,(H,22,26)(H,24,27). The highest BCUT2D eigenvalue weighted by Crippen LogP contribution is 2.24. The number of pyridine rings is 1. The molecule has 9 nitrogen and oxygen atoms in total.